The van der Waals surface area contributed by atoms with Crippen LogP contribution in [0.3, 0.4) is 0 Å². The lowest BCUT2D eigenvalue weighted by Gasteiger charge is -2.25. The van der Waals surface area contributed by atoms with Gasteiger partial charge >= 0.3 is 0 Å². The summed E-state index contributed by atoms with van der Waals surface area (Å²) < 4.78 is 11.3. The van der Waals surface area contributed by atoms with Crippen molar-refractivity contribution in [1.82, 2.24) is 4.98 Å². The third-order valence-corrected chi connectivity index (χ3v) is 3.53. The molecule has 1 aliphatic rings. The Morgan fingerprint density at radius 1 is 1.10 bits per heavy atom. The molecular weight excluding hydrogens is 254 g/mol. The van der Waals surface area contributed by atoms with Gasteiger partial charge in [-0.15, -0.1) is 0 Å². The fourth-order valence-corrected chi connectivity index (χ4v) is 2.28. The average molecular weight is 271 g/mol. The van der Waals surface area contributed by atoms with Gasteiger partial charge in [0.15, 0.2) is 11.5 Å². The predicted octanol–water partition coefficient (Wildman–Crippen LogP) is 2.50. The highest BCUT2D eigenvalue weighted by molar-refractivity contribution is 5.47. The Morgan fingerprint density at radius 2 is 1.90 bits per heavy atom. The van der Waals surface area contributed by atoms with Crippen molar-refractivity contribution in [2.75, 3.05) is 13.2 Å². The maximum atomic E-state index is 10.8. The molecule has 1 aromatic carbocycles. The van der Waals surface area contributed by atoms with Gasteiger partial charge in [0.05, 0.1) is 13.2 Å². The molecule has 0 radical (unpaired) electrons. The van der Waals surface area contributed by atoms with E-state index in [2.05, 4.69) is 4.98 Å². The Balaban J connectivity index is 2.00. The molecule has 0 aliphatic carbocycles. The van der Waals surface area contributed by atoms with E-state index < -0.39 is 5.60 Å². The fourth-order valence-electron chi connectivity index (χ4n) is 2.28. The van der Waals surface area contributed by atoms with Crippen molar-refractivity contribution in [1.29, 1.82) is 0 Å². The molecule has 0 spiro atoms. The van der Waals surface area contributed by atoms with Crippen molar-refractivity contribution in [3.05, 3.63) is 53.9 Å². The molecule has 4 nitrogen and oxygen atoms in total. The Kier molecular flexibility index (Phi) is 3.32. The van der Waals surface area contributed by atoms with E-state index in [-0.39, 0.29) is 0 Å². The van der Waals surface area contributed by atoms with Crippen LogP contribution in [0.2, 0.25) is 0 Å². The normalized spacial score (nSPS) is 17.1. The minimum atomic E-state index is -1.11. The first-order chi connectivity index (χ1) is 9.68. The number of rotatable bonds is 2. The molecule has 1 aliphatic heterocycles. The lowest BCUT2D eigenvalue weighted by atomic mass is 9.89. The van der Waals surface area contributed by atoms with E-state index in [4.69, 9.17) is 9.47 Å². The number of fused-ring (bicyclic) bond motifs is 1. The molecule has 3 rings (SSSR count). The third kappa shape index (κ3) is 2.34. The van der Waals surface area contributed by atoms with Gasteiger partial charge in [0, 0.05) is 24.4 Å². The molecule has 2 heterocycles. The molecule has 1 N–H and O–H groups in total. The van der Waals surface area contributed by atoms with E-state index >= 15 is 0 Å². The van der Waals surface area contributed by atoms with Crippen LogP contribution in [0.4, 0.5) is 0 Å². The van der Waals surface area contributed by atoms with Gasteiger partial charge in [-0.25, -0.2) is 0 Å². The highest BCUT2D eigenvalue weighted by Gasteiger charge is 2.27. The van der Waals surface area contributed by atoms with Crippen molar-refractivity contribution in [3.8, 4) is 11.5 Å². The van der Waals surface area contributed by atoms with Gasteiger partial charge in [-0.3, -0.25) is 4.98 Å². The van der Waals surface area contributed by atoms with E-state index in [0.717, 1.165) is 23.3 Å². The van der Waals surface area contributed by atoms with Crippen LogP contribution < -0.4 is 9.47 Å². The largest absolute Gasteiger partial charge is 0.490 e. The summed E-state index contributed by atoms with van der Waals surface area (Å²) in [7, 11) is 0. The number of pyridine rings is 1. The Labute approximate surface area is 118 Å². The second-order valence-corrected chi connectivity index (χ2v) is 5.03. The topological polar surface area (TPSA) is 51.6 Å². The Bertz CT molecular complexity index is 596. The van der Waals surface area contributed by atoms with Crippen molar-refractivity contribution >= 4 is 0 Å². The average Bonchev–Trinajstić information content (AvgIpc) is 2.72. The fraction of sp³-hybridized carbons (Fsp3) is 0.312. The summed E-state index contributed by atoms with van der Waals surface area (Å²) in [5.74, 6) is 1.41. The minimum absolute atomic E-state index is 0.630. The highest BCUT2D eigenvalue weighted by Crippen LogP contribution is 2.36. The van der Waals surface area contributed by atoms with Crippen LogP contribution >= 0.6 is 0 Å². The number of ether oxygens (including phenoxy) is 2. The van der Waals surface area contributed by atoms with Gasteiger partial charge in [0.1, 0.15) is 5.60 Å². The summed E-state index contributed by atoms with van der Waals surface area (Å²) >= 11 is 0. The zero-order valence-corrected chi connectivity index (χ0v) is 11.4. The number of aromatic nitrogens is 1. The quantitative estimate of drug-likeness (QED) is 0.911. The summed E-state index contributed by atoms with van der Waals surface area (Å²) in [6.45, 7) is 3.04. The molecule has 20 heavy (non-hydrogen) atoms. The summed E-state index contributed by atoms with van der Waals surface area (Å²) in [5, 5.41) is 10.8. The standard InChI is InChI=1S/C16H17NO3/c1-16(18,13-4-2-7-17-11-13)12-5-6-14-15(10-12)20-9-3-8-19-14/h2,4-7,10-11,18H,3,8-9H2,1H3. The van der Waals surface area contributed by atoms with Gasteiger partial charge in [-0.1, -0.05) is 12.1 Å². The van der Waals surface area contributed by atoms with Gasteiger partial charge < -0.3 is 14.6 Å². The summed E-state index contributed by atoms with van der Waals surface area (Å²) in [4.78, 5) is 4.06. The molecule has 104 valence electrons. The second kappa shape index (κ2) is 5.13. The van der Waals surface area contributed by atoms with Gasteiger partial charge in [-0.05, 0) is 30.7 Å². The van der Waals surface area contributed by atoms with E-state index in [1.807, 2.05) is 30.3 Å². The SMILES string of the molecule is CC(O)(c1cccnc1)c1ccc2c(c1)OCCCO2. The first kappa shape index (κ1) is 12.9. The lowest BCUT2D eigenvalue weighted by molar-refractivity contribution is 0.101. The Hall–Kier alpha value is -2.07. The monoisotopic (exact) mass is 271 g/mol. The molecule has 2 aromatic rings. The minimum Gasteiger partial charge on any atom is -0.490 e. The predicted molar refractivity (Wildman–Crippen MR) is 75.0 cm³/mol. The molecule has 0 bridgehead atoms. The number of aliphatic hydroxyl groups is 1. The second-order valence-electron chi connectivity index (χ2n) is 5.03. The molecule has 1 unspecified atom stereocenters. The first-order valence-electron chi connectivity index (χ1n) is 6.71. The smallest absolute Gasteiger partial charge is 0.161 e. The van der Waals surface area contributed by atoms with Crippen LogP contribution in [0.1, 0.15) is 24.5 Å². The zero-order chi connectivity index (χ0) is 14.0. The van der Waals surface area contributed by atoms with E-state index in [1.54, 1.807) is 19.3 Å². The molecular formula is C16H17NO3. The van der Waals surface area contributed by atoms with Crippen molar-refractivity contribution in [2.45, 2.75) is 18.9 Å². The summed E-state index contributed by atoms with van der Waals surface area (Å²) in [6.07, 6.45) is 4.22. The van der Waals surface area contributed by atoms with E-state index in [0.29, 0.717) is 19.0 Å². The molecule has 4 heteroatoms. The zero-order valence-electron chi connectivity index (χ0n) is 11.4. The van der Waals surface area contributed by atoms with Crippen LogP contribution in [-0.4, -0.2) is 23.3 Å². The Morgan fingerprint density at radius 3 is 2.65 bits per heavy atom. The number of nitrogens with zero attached hydrogens (tertiary/aromatic N) is 1. The van der Waals surface area contributed by atoms with E-state index in [9.17, 15) is 5.11 Å². The number of hydrogen-bond acceptors (Lipinski definition) is 4. The molecule has 1 aromatic heterocycles. The molecule has 0 fully saturated rings. The summed E-state index contributed by atoms with van der Waals surface area (Å²) in [5.41, 5.74) is 0.392. The maximum Gasteiger partial charge on any atom is 0.161 e. The van der Waals surface area contributed by atoms with Crippen LogP contribution in [0.5, 0.6) is 11.5 Å². The van der Waals surface area contributed by atoms with Crippen LogP contribution in [-0.2, 0) is 5.60 Å². The lowest BCUT2D eigenvalue weighted by Crippen LogP contribution is -2.23. The summed E-state index contributed by atoms with van der Waals surface area (Å²) in [6, 6.07) is 9.22. The highest BCUT2D eigenvalue weighted by atomic mass is 16.5. The van der Waals surface area contributed by atoms with Crippen molar-refractivity contribution in [2.24, 2.45) is 0 Å². The van der Waals surface area contributed by atoms with Crippen molar-refractivity contribution < 1.29 is 14.6 Å². The van der Waals surface area contributed by atoms with Crippen LogP contribution in [0, 0.1) is 0 Å². The molecule has 0 saturated heterocycles. The van der Waals surface area contributed by atoms with Gasteiger partial charge in [0.25, 0.3) is 0 Å². The first-order valence-corrected chi connectivity index (χ1v) is 6.71. The molecule has 0 saturated carbocycles. The van der Waals surface area contributed by atoms with Crippen molar-refractivity contribution in [3.63, 3.8) is 0 Å². The number of benzene rings is 1. The maximum absolute atomic E-state index is 10.8. The number of hydrogen-bond donors (Lipinski definition) is 1. The van der Waals surface area contributed by atoms with Gasteiger partial charge in [-0.2, -0.15) is 0 Å². The molecule has 0 amide bonds. The van der Waals surface area contributed by atoms with E-state index in [1.165, 1.54) is 0 Å². The van der Waals surface area contributed by atoms with Gasteiger partial charge in [0.2, 0.25) is 0 Å². The molecule has 1 atom stereocenters. The van der Waals surface area contributed by atoms with Crippen LogP contribution in [0.15, 0.2) is 42.7 Å². The van der Waals surface area contributed by atoms with Crippen LogP contribution in [0.25, 0.3) is 0 Å². The third-order valence-electron chi connectivity index (χ3n) is 3.53.